The smallest absolute Gasteiger partial charge is 0.256 e. The molecule has 2 rings (SSSR count). The lowest BCUT2D eigenvalue weighted by Gasteiger charge is -2.20. The largest absolute Gasteiger partial charge is 0.440 e. The minimum absolute atomic E-state index is 0.0308. The predicted octanol–water partition coefficient (Wildman–Crippen LogP) is 3.47. The Kier molecular flexibility index (Phi) is 4.09. The van der Waals surface area contributed by atoms with E-state index in [9.17, 15) is 0 Å². The zero-order valence-corrected chi connectivity index (χ0v) is 11.7. The van der Waals surface area contributed by atoms with E-state index < -0.39 is 0 Å². The number of nitrogens with zero attached hydrogens (tertiary/aromatic N) is 1. The zero-order chi connectivity index (χ0) is 13.1. The van der Waals surface area contributed by atoms with Gasteiger partial charge in [-0.3, -0.25) is 0 Å². The van der Waals surface area contributed by atoms with E-state index in [0.29, 0.717) is 5.22 Å². The van der Waals surface area contributed by atoms with Gasteiger partial charge in [-0.2, -0.15) is 0 Å². The van der Waals surface area contributed by atoms with Crippen molar-refractivity contribution in [3.05, 3.63) is 47.3 Å². The first-order valence-electron chi connectivity index (χ1n) is 5.98. The molecule has 0 fully saturated rings. The van der Waals surface area contributed by atoms with Gasteiger partial charge in [0.2, 0.25) is 0 Å². The molecule has 0 aliphatic carbocycles. The normalized spacial score (nSPS) is 14.4. The molecule has 2 N–H and O–H groups in total. The summed E-state index contributed by atoms with van der Waals surface area (Å²) in [4.78, 5) is 4.33. The van der Waals surface area contributed by atoms with E-state index in [1.54, 1.807) is 18.0 Å². The van der Waals surface area contributed by atoms with E-state index in [4.69, 9.17) is 10.2 Å². The summed E-state index contributed by atoms with van der Waals surface area (Å²) in [5.41, 5.74) is 9.49. The van der Waals surface area contributed by atoms with Crippen LogP contribution in [0.4, 0.5) is 0 Å². The summed E-state index contributed by atoms with van der Waals surface area (Å²) in [5, 5.41) is 0.835. The van der Waals surface area contributed by atoms with Crippen LogP contribution in [-0.2, 0) is 0 Å². The van der Waals surface area contributed by atoms with E-state index in [1.807, 2.05) is 26.0 Å². The summed E-state index contributed by atoms with van der Waals surface area (Å²) in [6, 6.07) is 8.33. The molecule has 0 saturated heterocycles. The third kappa shape index (κ3) is 2.94. The van der Waals surface area contributed by atoms with Crippen molar-refractivity contribution in [3.8, 4) is 0 Å². The highest BCUT2D eigenvalue weighted by Crippen LogP contribution is 2.37. The van der Waals surface area contributed by atoms with Gasteiger partial charge in [0.05, 0.1) is 10.9 Å². The molecule has 1 aromatic carbocycles. The van der Waals surface area contributed by atoms with Gasteiger partial charge < -0.3 is 10.2 Å². The summed E-state index contributed by atoms with van der Waals surface area (Å²) < 4.78 is 5.40. The molecule has 2 unspecified atom stereocenters. The number of aryl methyl sites for hydroxylation is 2. The second-order valence-electron chi connectivity index (χ2n) is 4.51. The van der Waals surface area contributed by atoms with Crippen LogP contribution in [0.15, 0.2) is 40.2 Å². The SMILES string of the molecule is Cc1coc(SC(c2ccccc2C)C(C)N)n1. The molecular weight excluding hydrogens is 244 g/mol. The van der Waals surface area contributed by atoms with E-state index in [2.05, 4.69) is 24.0 Å². The Hall–Kier alpha value is -1.26. The summed E-state index contributed by atoms with van der Waals surface area (Å²) in [7, 11) is 0. The number of thioether (sulfide) groups is 1. The highest BCUT2D eigenvalue weighted by atomic mass is 32.2. The van der Waals surface area contributed by atoms with E-state index in [-0.39, 0.29) is 11.3 Å². The Morgan fingerprint density at radius 2 is 2.00 bits per heavy atom. The molecule has 2 atom stereocenters. The lowest BCUT2D eigenvalue weighted by atomic mass is 10.0. The minimum Gasteiger partial charge on any atom is -0.440 e. The predicted molar refractivity (Wildman–Crippen MR) is 74.7 cm³/mol. The fourth-order valence-corrected chi connectivity index (χ4v) is 2.98. The molecule has 1 aromatic heterocycles. The Morgan fingerprint density at radius 1 is 1.28 bits per heavy atom. The van der Waals surface area contributed by atoms with Crippen LogP contribution >= 0.6 is 11.8 Å². The van der Waals surface area contributed by atoms with Crippen LogP contribution < -0.4 is 5.73 Å². The fraction of sp³-hybridized carbons (Fsp3) is 0.357. The monoisotopic (exact) mass is 262 g/mol. The van der Waals surface area contributed by atoms with Crippen LogP contribution in [0.3, 0.4) is 0 Å². The molecule has 3 nitrogen and oxygen atoms in total. The molecule has 2 aromatic rings. The van der Waals surface area contributed by atoms with Crippen molar-refractivity contribution in [2.24, 2.45) is 5.73 Å². The molecule has 18 heavy (non-hydrogen) atoms. The maximum absolute atomic E-state index is 6.10. The number of hydrogen-bond acceptors (Lipinski definition) is 4. The Bertz CT molecular complexity index is 522. The molecule has 0 radical (unpaired) electrons. The van der Waals surface area contributed by atoms with Crippen molar-refractivity contribution in [1.82, 2.24) is 4.98 Å². The van der Waals surface area contributed by atoms with Gasteiger partial charge in [0.15, 0.2) is 0 Å². The van der Waals surface area contributed by atoms with Crippen LogP contribution in [0.5, 0.6) is 0 Å². The molecule has 4 heteroatoms. The Balaban J connectivity index is 2.27. The molecule has 0 amide bonds. The first-order valence-corrected chi connectivity index (χ1v) is 6.86. The summed E-state index contributed by atoms with van der Waals surface area (Å²) in [5.74, 6) is 0. The van der Waals surface area contributed by atoms with Crippen LogP contribution in [-0.4, -0.2) is 11.0 Å². The third-order valence-electron chi connectivity index (χ3n) is 2.80. The maximum atomic E-state index is 6.10. The first-order chi connectivity index (χ1) is 8.58. The van der Waals surface area contributed by atoms with Crippen LogP contribution in [0.25, 0.3) is 0 Å². The van der Waals surface area contributed by atoms with E-state index >= 15 is 0 Å². The van der Waals surface area contributed by atoms with Gasteiger partial charge in [-0.25, -0.2) is 4.98 Å². The van der Waals surface area contributed by atoms with Gasteiger partial charge in [-0.1, -0.05) is 36.0 Å². The highest BCUT2D eigenvalue weighted by Gasteiger charge is 2.21. The molecule has 1 heterocycles. The van der Waals surface area contributed by atoms with Gasteiger partial charge in [0.25, 0.3) is 5.22 Å². The average molecular weight is 262 g/mol. The Morgan fingerprint density at radius 3 is 2.56 bits per heavy atom. The molecular formula is C14H18N2OS. The van der Waals surface area contributed by atoms with Crippen molar-refractivity contribution in [2.75, 3.05) is 0 Å². The lowest BCUT2D eigenvalue weighted by Crippen LogP contribution is -2.23. The maximum Gasteiger partial charge on any atom is 0.256 e. The van der Waals surface area contributed by atoms with Crippen molar-refractivity contribution in [3.63, 3.8) is 0 Å². The third-order valence-corrected chi connectivity index (χ3v) is 4.12. The van der Waals surface area contributed by atoms with Crippen LogP contribution in [0.2, 0.25) is 0 Å². The van der Waals surface area contributed by atoms with Crippen molar-refractivity contribution < 1.29 is 4.42 Å². The topological polar surface area (TPSA) is 52.0 Å². The molecule has 96 valence electrons. The molecule has 0 bridgehead atoms. The van der Waals surface area contributed by atoms with Gasteiger partial charge in [0.1, 0.15) is 6.26 Å². The summed E-state index contributed by atoms with van der Waals surface area (Å²) in [6.45, 7) is 6.04. The second kappa shape index (κ2) is 5.59. The van der Waals surface area contributed by atoms with Crippen molar-refractivity contribution in [2.45, 2.75) is 37.3 Å². The van der Waals surface area contributed by atoms with Gasteiger partial charge >= 0.3 is 0 Å². The van der Waals surface area contributed by atoms with Crippen LogP contribution in [0.1, 0.15) is 29.0 Å². The summed E-state index contributed by atoms with van der Waals surface area (Å²) in [6.07, 6.45) is 1.67. The highest BCUT2D eigenvalue weighted by molar-refractivity contribution is 7.99. The minimum atomic E-state index is 0.0308. The average Bonchev–Trinajstić information content (AvgIpc) is 2.73. The number of rotatable bonds is 4. The quantitative estimate of drug-likeness (QED) is 0.857. The lowest BCUT2D eigenvalue weighted by molar-refractivity contribution is 0.452. The van der Waals surface area contributed by atoms with Crippen molar-refractivity contribution >= 4 is 11.8 Å². The fourth-order valence-electron chi connectivity index (χ4n) is 1.86. The van der Waals surface area contributed by atoms with E-state index in [1.165, 1.54) is 11.1 Å². The molecule has 0 spiro atoms. The standard InChI is InChI=1S/C14H18N2OS/c1-9-6-4-5-7-12(9)13(11(3)15)18-14-16-10(2)8-17-14/h4-8,11,13H,15H2,1-3H3. The number of nitrogens with two attached hydrogens (primary N) is 1. The van der Waals surface area contributed by atoms with Crippen LogP contribution in [0, 0.1) is 13.8 Å². The van der Waals surface area contributed by atoms with Gasteiger partial charge in [0, 0.05) is 6.04 Å². The number of aromatic nitrogens is 1. The number of oxazole rings is 1. The molecule has 0 aliphatic heterocycles. The van der Waals surface area contributed by atoms with Gasteiger partial charge in [-0.15, -0.1) is 0 Å². The number of hydrogen-bond donors (Lipinski definition) is 1. The van der Waals surface area contributed by atoms with Gasteiger partial charge in [-0.05, 0) is 31.9 Å². The zero-order valence-electron chi connectivity index (χ0n) is 10.9. The second-order valence-corrected chi connectivity index (χ2v) is 5.60. The number of benzene rings is 1. The Labute approximate surface area is 112 Å². The molecule has 0 saturated carbocycles. The van der Waals surface area contributed by atoms with Crippen molar-refractivity contribution in [1.29, 1.82) is 0 Å². The first kappa shape index (κ1) is 13.2. The van der Waals surface area contributed by atoms with E-state index in [0.717, 1.165) is 5.69 Å². The summed E-state index contributed by atoms with van der Waals surface area (Å²) >= 11 is 1.58. The molecule has 0 aliphatic rings.